The maximum atomic E-state index is 14.2. The highest BCUT2D eigenvalue weighted by Crippen LogP contribution is 2.40. The number of carbonyl (C=O) groups is 1. The van der Waals surface area contributed by atoms with Gasteiger partial charge in [-0.25, -0.2) is 9.97 Å². The van der Waals surface area contributed by atoms with E-state index >= 15 is 0 Å². The molecule has 0 bridgehead atoms. The van der Waals surface area contributed by atoms with Crippen LogP contribution in [0.3, 0.4) is 0 Å². The van der Waals surface area contributed by atoms with Crippen molar-refractivity contribution < 1.29 is 9.53 Å². The van der Waals surface area contributed by atoms with E-state index in [9.17, 15) is 4.79 Å². The number of nitrogens with one attached hydrogen (secondary N) is 1. The van der Waals surface area contributed by atoms with Crippen molar-refractivity contribution in [3.05, 3.63) is 52.5 Å². The fourth-order valence-corrected chi connectivity index (χ4v) is 5.46. The molecule has 2 saturated heterocycles. The molecular formula is C26H36N4O2. The molecule has 1 atom stereocenters. The number of anilines is 1. The summed E-state index contributed by atoms with van der Waals surface area (Å²) in [4.78, 5) is 25.9. The van der Waals surface area contributed by atoms with Crippen molar-refractivity contribution in [3.63, 3.8) is 0 Å². The smallest absolute Gasteiger partial charge is 0.233 e. The zero-order valence-corrected chi connectivity index (χ0v) is 20.1. The first-order valence-corrected chi connectivity index (χ1v) is 11.8. The van der Waals surface area contributed by atoms with E-state index in [1.807, 2.05) is 20.0 Å². The topological polar surface area (TPSA) is 67.4 Å². The van der Waals surface area contributed by atoms with Gasteiger partial charge in [-0.05, 0) is 52.0 Å². The fourth-order valence-electron chi connectivity index (χ4n) is 5.46. The Morgan fingerprint density at radius 3 is 2.38 bits per heavy atom. The number of aromatic nitrogens is 2. The van der Waals surface area contributed by atoms with Crippen LogP contribution in [-0.2, 0) is 20.4 Å². The molecule has 3 heterocycles. The van der Waals surface area contributed by atoms with Crippen LogP contribution in [0.5, 0.6) is 0 Å². The quantitative estimate of drug-likeness (QED) is 0.783. The Hall–Kier alpha value is -2.47. The van der Waals surface area contributed by atoms with Crippen molar-refractivity contribution in [2.45, 2.75) is 64.2 Å². The minimum absolute atomic E-state index is 0.234. The van der Waals surface area contributed by atoms with E-state index in [2.05, 4.69) is 49.2 Å². The first-order chi connectivity index (χ1) is 15.3. The van der Waals surface area contributed by atoms with E-state index in [-0.39, 0.29) is 11.3 Å². The van der Waals surface area contributed by atoms with Crippen molar-refractivity contribution in [2.24, 2.45) is 0 Å². The second kappa shape index (κ2) is 8.81. The molecule has 1 aromatic heterocycles. The van der Waals surface area contributed by atoms with E-state index in [1.165, 1.54) is 11.1 Å². The monoisotopic (exact) mass is 436 g/mol. The summed E-state index contributed by atoms with van der Waals surface area (Å²) in [5.74, 6) is 1.89. The van der Waals surface area contributed by atoms with Crippen LogP contribution in [0.15, 0.2) is 24.3 Å². The van der Waals surface area contributed by atoms with Crippen LogP contribution in [0.1, 0.15) is 60.8 Å². The first kappa shape index (κ1) is 22.7. The summed E-state index contributed by atoms with van der Waals surface area (Å²) < 4.78 is 5.70. The molecule has 32 heavy (non-hydrogen) atoms. The molecule has 1 amide bonds. The molecule has 2 aliphatic heterocycles. The number of carbonyl (C=O) groups excluding carboxylic acids is 1. The molecule has 0 saturated carbocycles. The van der Waals surface area contributed by atoms with E-state index in [1.54, 1.807) is 0 Å². The van der Waals surface area contributed by atoms with Gasteiger partial charge in [-0.3, -0.25) is 4.79 Å². The highest BCUT2D eigenvalue weighted by atomic mass is 16.5. The molecule has 0 spiro atoms. The number of benzene rings is 1. The second-order valence-corrected chi connectivity index (χ2v) is 9.93. The third-order valence-corrected chi connectivity index (χ3v) is 7.16. The summed E-state index contributed by atoms with van der Waals surface area (Å²) in [6, 6.07) is 8.52. The summed E-state index contributed by atoms with van der Waals surface area (Å²) in [5.41, 5.74) is 3.71. The minimum atomic E-state index is -0.517. The van der Waals surface area contributed by atoms with Gasteiger partial charge in [0.15, 0.2) is 0 Å². The normalized spacial score (nSPS) is 23.1. The molecule has 2 fully saturated rings. The summed E-state index contributed by atoms with van der Waals surface area (Å²) in [6.07, 6.45) is 3.39. The molecule has 1 aromatic carbocycles. The predicted molar refractivity (Wildman–Crippen MR) is 127 cm³/mol. The Labute approximate surface area is 191 Å². The van der Waals surface area contributed by atoms with Gasteiger partial charge in [-0.2, -0.15) is 0 Å². The van der Waals surface area contributed by atoms with E-state index in [4.69, 9.17) is 14.7 Å². The van der Waals surface area contributed by atoms with Gasteiger partial charge in [0.1, 0.15) is 11.6 Å². The van der Waals surface area contributed by atoms with Gasteiger partial charge in [-0.15, -0.1) is 0 Å². The lowest BCUT2D eigenvalue weighted by molar-refractivity contribution is -0.143. The number of likely N-dealkylation sites (tertiary alicyclic amines) is 1. The largest absolute Gasteiger partial charge is 0.381 e. The molecule has 0 aliphatic carbocycles. The fraction of sp³-hybridized carbons (Fsp3) is 0.577. The standard InChI is InChI=1S/C26H36N4O2/c1-18-13-19(2)15-21(14-18)26(8-11-32-12-9-26)24(31)30-10-6-7-25(4,17-30)23-28-20(3)16-22(27-5)29-23/h13-16H,6-12,17H2,1-5H3,(H,27,28,29)/t25-/m1/s1. The SMILES string of the molecule is CNc1cc(C)nc([C@]2(C)CCCN(C(=O)C3(c4cc(C)cc(C)c4)CCOCC3)C2)n1. The third-order valence-electron chi connectivity index (χ3n) is 7.16. The number of rotatable bonds is 4. The van der Waals surface area contributed by atoms with Crippen molar-refractivity contribution in [1.29, 1.82) is 0 Å². The van der Waals surface area contributed by atoms with Crippen molar-refractivity contribution in [3.8, 4) is 0 Å². The highest BCUT2D eigenvalue weighted by molar-refractivity contribution is 5.89. The second-order valence-electron chi connectivity index (χ2n) is 9.93. The molecule has 2 aliphatic rings. The van der Waals surface area contributed by atoms with Gasteiger partial charge >= 0.3 is 0 Å². The van der Waals surface area contributed by atoms with Crippen LogP contribution >= 0.6 is 0 Å². The lowest BCUT2D eigenvalue weighted by Crippen LogP contribution is -2.55. The van der Waals surface area contributed by atoms with Crippen LogP contribution in [0.25, 0.3) is 0 Å². The van der Waals surface area contributed by atoms with Crippen LogP contribution in [0.4, 0.5) is 5.82 Å². The molecule has 6 heteroatoms. The van der Waals surface area contributed by atoms with Crippen LogP contribution < -0.4 is 5.32 Å². The highest BCUT2D eigenvalue weighted by Gasteiger charge is 2.47. The number of ether oxygens (including phenoxy) is 1. The molecular weight excluding hydrogens is 400 g/mol. The van der Waals surface area contributed by atoms with Crippen LogP contribution in [-0.4, -0.2) is 54.1 Å². The number of hydrogen-bond acceptors (Lipinski definition) is 5. The average Bonchev–Trinajstić information content (AvgIpc) is 2.78. The van der Waals surface area contributed by atoms with Gasteiger partial charge in [0.25, 0.3) is 0 Å². The molecule has 1 N–H and O–H groups in total. The first-order valence-electron chi connectivity index (χ1n) is 11.8. The molecule has 0 unspecified atom stereocenters. The molecule has 0 radical (unpaired) electrons. The Morgan fingerprint density at radius 2 is 1.72 bits per heavy atom. The summed E-state index contributed by atoms with van der Waals surface area (Å²) in [6.45, 7) is 11.1. The van der Waals surface area contributed by atoms with Crippen molar-refractivity contribution in [1.82, 2.24) is 14.9 Å². The van der Waals surface area contributed by atoms with E-state index < -0.39 is 5.41 Å². The Bertz CT molecular complexity index is 979. The van der Waals surface area contributed by atoms with Gasteiger partial charge in [0.2, 0.25) is 5.91 Å². The molecule has 2 aromatic rings. The van der Waals surface area contributed by atoms with Crippen LogP contribution in [0.2, 0.25) is 0 Å². The number of amides is 1. The van der Waals surface area contributed by atoms with E-state index in [0.717, 1.165) is 55.1 Å². The predicted octanol–water partition coefficient (Wildman–Crippen LogP) is 4.07. The lowest BCUT2D eigenvalue weighted by atomic mass is 9.71. The Kier molecular flexibility index (Phi) is 6.26. The van der Waals surface area contributed by atoms with Crippen molar-refractivity contribution in [2.75, 3.05) is 38.7 Å². The molecule has 6 nitrogen and oxygen atoms in total. The zero-order valence-electron chi connectivity index (χ0n) is 20.1. The molecule has 172 valence electrons. The summed E-state index contributed by atoms with van der Waals surface area (Å²) >= 11 is 0. The van der Waals surface area contributed by atoms with Gasteiger partial charge in [-0.1, -0.05) is 36.2 Å². The van der Waals surface area contributed by atoms with E-state index in [0.29, 0.717) is 19.8 Å². The Balaban J connectivity index is 1.68. The Morgan fingerprint density at radius 1 is 1.03 bits per heavy atom. The number of aryl methyl sites for hydroxylation is 3. The zero-order chi connectivity index (χ0) is 22.9. The van der Waals surface area contributed by atoms with Crippen LogP contribution in [0, 0.1) is 20.8 Å². The number of nitrogens with zero attached hydrogens (tertiary/aromatic N) is 3. The van der Waals surface area contributed by atoms with Gasteiger partial charge in [0, 0.05) is 50.5 Å². The number of hydrogen-bond donors (Lipinski definition) is 1. The van der Waals surface area contributed by atoms with Gasteiger partial charge < -0.3 is 15.0 Å². The third kappa shape index (κ3) is 4.25. The van der Waals surface area contributed by atoms with Crippen molar-refractivity contribution >= 4 is 11.7 Å². The maximum absolute atomic E-state index is 14.2. The average molecular weight is 437 g/mol. The lowest BCUT2D eigenvalue weighted by Gasteiger charge is -2.45. The minimum Gasteiger partial charge on any atom is -0.381 e. The molecule has 4 rings (SSSR count). The summed E-state index contributed by atoms with van der Waals surface area (Å²) in [7, 11) is 1.88. The summed E-state index contributed by atoms with van der Waals surface area (Å²) in [5, 5.41) is 3.14. The number of piperidine rings is 1. The maximum Gasteiger partial charge on any atom is 0.233 e. The van der Waals surface area contributed by atoms with Gasteiger partial charge in [0.05, 0.1) is 5.41 Å².